The molecular formula is C27H22ClN3OS. The predicted octanol–water partition coefficient (Wildman–Crippen LogP) is 6.85. The molecule has 3 heterocycles. The molecule has 1 aliphatic carbocycles. The number of aromatic nitrogens is 2. The summed E-state index contributed by atoms with van der Waals surface area (Å²) < 4.78 is 1.97. The first-order valence-electron chi connectivity index (χ1n) is 11.1. The maximum atomic E-state index is 13.6. The highest BCUT2D eigenvalue weighted by atomic mass is 35.5. The minimum atomic E-state index is -0.164. The third-order valence-corrected chi connectivity index (χ3v) is 7.90. The molecule has 4 nitrogen and oxygen atoms in total. The van der Waals surface area contributed by atoms with Gasteiger partial charge in [0, 0.05) is 45.0 Å². The average molecular weight is 472 g/mol. The highest BCUT2D eigenvalue weighted by Gasteiger charge is 2.41. The van der Waals surface area contributed by atoms with Crippen LogP contribution < -0.4 is 5.32 Å². The molecule has 0 unspecified atom stereocenters. The van der Waals surface area contributed by atoms with Crippen molar-refractivity contribution in [1.82, 2.24) is 9.78 Å². The largest absolute Gasteiger partial charge is 0.343 e. The molecule has 164 valence electrons. The number of ketones is 1. The Morgan fingerprint density at radius 2 is 1.82 bits per heavy atom. The Morgan fingerprint density at radius 1 is 1.03 bits per heavy atom. The summed E-state index contributed by atoms with van der Waals surface area (Å²) in [6.07, 6.45) is 1.34. The van der Waals surface area contributed by atoms with Gasteiger partial charge in [-0.2, -0.15) is 5.10 Å². The lowest BCUT2D eigenvalue weighted by molar-refractivity contribution is -0.116. The van der Waals surface area contributed by atoms with Crippen molar-refractivity contribution in [1.29, 1.82) is 0 Å². The fourth-order valence-corrected chi connectivity index (χ4v) is 6.10. The van der Waals surface area contributed by atoms with Gasteiger partial charge < -0.3 is 5.32 Å². The van der Waals surface area contributed by atoms with Gasteiger partial charge in [0.15, 0.2) is 5.78 Å². The fourth-order valence-electron chi connectivity index (χ4n) is 5.15. The minimum absolute atomic E-state index is 0.164. The van der Waals surface area contributed by atoms with Gasteiger partial charge in [-0.3, -0.25) is 4.79 Å². The second-order valence-corrected chi connectivity index (χ2v) is 10.1. The lowest BCUT2D eigenvalue weighted by Gasteiger charge is -2.35. The monoisotopic (exact) mass is 471 g/mol. The summed E-state index contributed by atoms with van der Waals surface area (Å²) in [6.45, 7) is 2.02. The van der Waals surface area contributed by atoms with Crippen LogP contribution in [-0.2, 0) is 4.79 Å². The Labute approximate surface area is 201 Å². The van der Waals surface area contributed by atoms with Gasteiger partial charge in [0.1, 0.15) is 5.82 Å². The first-order chi connectivity index (χ1) is 16.1. The van der Waals surface area contributed by atoms with Crippen molar-refractivity contribution in [2.75, 3.05) is 5.32 Å². The molecule has 0 saturated carbocycles. The zero-order valence-electron chi connectivity index (χ0n) is 18.1. The summed E-state index contributed by atoms with van der Waals surface area (Å²) in [4.78, 5) is 14.9. The number of aryl methyl sites for hydroxylation is 1. The number of anilines is 1. The van der Waals surface area contributed by atoms with Crippen molar-refractivity contribution >= 4 is 34.5 Å². The molecule has 33 heavy (non-hydrogen) atoms. The third kappa shape index (κ3) is 3.43. The number of carbonyl (C=O) groups is 1. The van der Waals surface area contributed by atoms with Crippen LogP contribution in [0, 0.1) is 6.92 Å². The smallest absolute Gasteiger partial charge is 0.162 e. The first kappa shape index (κ1) is 20.5. The van der Waals surface area contributed by atoms with Crippen molar-refractivity contribution in [3.63, 3.8) is 0 Å². The lowest BCUT2D eigenvalue weighted by Crippen LogP contribution is -2.30. The van der Waals surface area contributed by atoms with Crippen LogP contribution in [0.3, 0.4) is 0 Å². The van der Waals surface area contributed by atoms with E-state index in [0.717, 1.165) is 46.0 Å². The number of allylic oxidation sites excluding steroid dienone is 2. The molecule has 2 aliphatic rings. The predicted molar refractivity (Wildman–Crippen MR) is 134 cm³/mol. The lowest BCUT2D eigenvalue weighted by atomic mass is 9.73. The number of thiophene rings is 1. The quantitative estimate of drug-likeness (QED) is 0.355. The van der Waals surface area contributed by atoms with Gasteiger partial charge >= 0.3 is 0 Å². The number of halogens is 1. The molecule has 2 atom stereocenters. The Bertz CT molecular complexity index is 1370. The number of carbonyl (C=O) groups excluding carboxylic acids is 1. The van der Waals surface area contributed by atoms with Crippen LogP contribution in [0.25, 0.3) is 5.69 Å². The molecule has 6 rings (SSSR count). The van der Waals surface area contributed by atoms with Crippen LogP contribution in [0.5, 0.6) is 0 Å². The van der Waals surface area contributed by atoms with Crippen LogP contribution in [-0.4, -0.2) is 15.6 Å². The van der Waals surface area contributed by atoms with E-state index < -0.39 is 0 Å². The van der Waals surface area contributed by atoms with E-state index in [9.17, 15) is 4.79 Å². The van der Waals surface area contributed by atoms with E-state index in [1.54, 1.807) is 11.3 Å². The van der Waals surface area contributed by atoms with E-state index in [1.807, 2.05) is 54.1 Å². The number of hydrogen-bond acceptors (Lipinski definition) is 4. The van der Waals surface area contributed by atoms with Crippen LogP contribution in [0.2, 0.25) is 5.02 Å². The van der Waals surface area contributed by atoms with Gasteiger partial charge in [-0.05, 0) is 54.6 Å². The van der Waals surface area contributed by atoms with Crippen molar-refractivity contribution < 1.29 is 4.79 Å². The van der Waals surface area contributed by atoms with Crippen LogP contribution in [0.4, 0.5) is 5.82 Å². The molecule has 0 fully saturated rings. The van der Waals surface area contributed by atoms with Gasteiger partial charge in [-0.15, -0.1) is 11.3 Å². The summed E-state index contributed by atoms with van der Waals surface area (Å²) in [5.41, 5.74) is 5.91. The van der Waals surface area contributed by atoms with E-state index in [4.69, 9.17) is 16.7 Å². The maximum absolute atomic E-state index is 13.6. The highest BCUT2D eigenvalue weighted by Crippen LogP contribution is 2.49. The van der Waals surface area contributed by atoms with Crippen molar-refractivity contribution in [3.8, 4) is 5.69 Å². The standard InChI is InChI=1S/C27H22ClN3OS/c1-16-24-25(17-9-11-19(28)12-10-17)26-21(14-18(15-22(26)32)23-8-5-13-33-23)29-27(24)31(30-16)20-6-3-2-4-7-20/h2-13,18,25,29H,14-15H2,1H3/t18-,25+/m1/s1. The van der Waals surface area contributed by atoms with E-state index in [0.29, 0.717) is 11.4 Å². The van der Waals surface area contributed by atoms with Crippen molar-refractivity contribution in [2.24, 2.45) is 0 Å². The number of para-hydroxylation sites is 1. The molecule has 1 aliphatic heterocycles. The number of hydrogen-bond donors (Lipinski definition) is 1. The molecule has 0 spiro atoms. The van der Waals surface area contributed by atoms with Gasteiger partial charge in [-0.25, -0.2) is 4.68 Å². The molecule has 2 aromatic carbocycles. The number of fused-ring (bicyclic) bond motifs is 1. The van der Waals surface area contributed by atoms with E-state index in [1.165, 1.54) is 4.88 Å². The minimum Gasteiger partial charge on any atom is -0.343 e. The number of Topliss-reactive ketones (excluding diaryl/α,β-unsaturated/α-hetero) is 1. The SMILES string of the molecule is Cc1nn(-c2ccccc2)c2c1[C@H](c1ccc(Cl)cc1)C1=C(C[C@@H](c3cccs3)CC1=O)N2. The molecule has 0 radical (unpaired) electrons. The van der Waals surface area contributed by atoms with Crippen LogP contribution in [0.15, 0.2) is 83.4 Å². The summed E-state index contributed by atoms with van der Waals surface area (Å²) in [7, 11) is 0. The Hall–Kier alpha value is -3.15. The summed E-state index contributed by atoms with van der Waals surface area (Å²) >= 11 is 7.93. The molecule has 0 bridgehead atoms. The molecule has 0 saturated heterocycles. The summed E-state index contributed by atoms with van der Waals surface area (Å²) in [5.74, 6) is 1.18. The van der Waals surface area contributed by atoms with Gasteiger partial charge in [-0.1, -0.05) is 48.0 Å². The van der Waals surface area contributed by atoms with E-state index >= 15 is 0 Å². The molecular weight excluding hydrogens is 450 g/mol. The summed E-state index contributed by atoms with van der Waals surface area (Å²) in [5, 5.41) is 11.3. The molecule has 0 amide bonds. The van der Waals surface area contributed by atoms with Crippen LogP contribution in [0.1, 0.15) is 46.4 Å². The molecule has 2 aromatic heterocycles. The third-order valence-electron chi connectivity index (χ3n) is 6.61. The Kier molecular flexibility index (Phi) is 4.97. The van der Waals surface area contributed by atoms with E-state index in [2.05, 4.69) is 35.0 Å². The van der Waals surface area contributed by atoms with E-state index in [-0.39, 0.29) is 17.6 Å². The number of benzene rings is 2. The first-order valence-corrected chi connectivity index (χ1v) is 12.3. The second kappa shape index (κ2) is 8.01. The number of rotatable bonds is 3. The van der Waals surface area contributed by atoms with Gasteiger partial charge in [0.25, 0.3) is 0 Å². The fraction of sp³-hybridized carbons (Fsp3) is 0.185. The van der Waals surface area contributed by atoms with Gasteiger partial charge in [0.05, 0.1) is 11.4 Å². The Balaban J connectivity index is 1.54. The van der Waals surface area contributed by atoms with Crippen LogP contribution >= 0.6 is 22.9 Å². The average Bonchev–Trinajstić information content (AvgIpc) is 3.48. The number of nitrogens with one attached hydrogen (secondary N) is 1. The maximum Gasteiger partial charge on any atom is 0.162 e. The van der Waals surface area contributed by atoms with Crippen molar-refractivity contribution in [2.45, 2.75) is 31.6 Å². The molecule has 6 heteroatoms. The topological polar surface area (TPSA) is 46.9 Å². The zero-order chi connectivity index (χ0) is 22.5. The second-order valence-electron chi connectivity index (χ2n) is 8.64. The molecule has 1 N–H and O–H groups in total. The summed E-state index contributed by atoms with van der Waals surface area (Å²) in [6, 6.07) is 22.2. The zero-order valence-corrected chi connectivity index (χ0v) is 19.7. The van der Waals surface area contributed by atoms with Gasteiger partial charge in [0.2, 0.25) is 0 Å². The normalized spacial score (nSPS) is 19.8. The number of nitrogens with zero attached hydrogens (tertiary/aromatic N) is 2. The van der Waals surface area contributed by atoms with Crippen molar-refractivity contribution in [3.05, 3.63) is 110 Å². The Morgan fingerprint density at radius 3 is 2.55 bits per heavy atom. The molecule has 4 aromatic rings. The highest BCUT2D eigenvalue weighted by molar-refractivity contribution is 7.10.